The van der Waals surface area contributed by atoms with E-state index in [2.05, 4.69) is 18.3 Å². The summed E-state index contributed by atoms with van der Waals surface area (Å²) in [6, 6.07) is 15.9. The zero-order chi connectivity index (χ0) is 18.3. The topological polar surface area (TPSA) is 52.6 Å². The van der Waals surface area contributed by atoms with Crippen molar-refractivity contribution >= 4 is 11.7 Å². The van der Waals surface area contributed by atoms with Crippen molar-refractivity contribution in [1.29, 1.82) is 0 Å². The molecule has 4 rings (SSSR count). The molecule has 1 aliphatic carbocycles. The van der Waals surface area contributed by atoms with Gasteiger partial charge in [0.05, 0.1) is 5.60 Å². The van der Waals surface area contributed by atoms with Crippen molar-refractivity contribution in [3.8, 4) is 0 Å². The van der Waals surface area contributed by atoms with E-state index in [1.54, 1.807) is 0 Å². The lowest BCUT2D eigenvalue weighted by molar-refractivity contribution is 0.0322. The second kappa shape index (κ2) is 6.44. The summed E-state index contributed by atoms with van der Waals surface area (Å²) in [6.45, 7) is 5.53. The van der Waals surface area contributed by atoms with Crippen LogP contribution in [0.15, 0.2) is 48.5 Å². The number of anilines is 1. The van der Waals surface area contributed by atoms with Gasteiger partial charge < -0.3 is 15.3 Å². The largest absolute Gasteiger partial charge is 0.385 e. The molecule has 2 amide bonds. The van der Waals surface area contributed by atoms with Gasteiger partial charge in [-0.15, -0.1) is 0 Å². The lowest BCUT2D eigenvalue weighted by Crippen LogP contribution is -2.35. The van der Waals surface area contributed by atoms with Crippen LogP contribution in [0.25, 0.3) is 0 Å². The minimum Gasteiger partial charge on any atom is -0.385 e. The van der Waals surface area contributed by atoms with Gasteiger partial charge in [-0.2, -0.15) is 0 Å². The normalized spacial score (nSPS) is 27.4. The van der Waals surface area contributed by atoms with Gasteiger partial charge in [0.2, 0.25) is 0 Å². The van der Waals surface area contributed by atoms with Crippen LogP contribution < -0.4 is 5.32 Å². The van der Waals surface area contributed by atoms with Crippen LogP contribution in [0.4, 0.5) is 10.5 Å². The summed E-state index contributed by atoms with van der Waals surface area (Å²) < 4.78 is 0. The van der Waals surface area contributed by atoms with E-state index in [4.69, 9.17) is 0 Å². The molecule has 1 heterocycles. The lowest BCUT2D eigenvalue weighted by Gasteiger charge is -2.28. The molecule has 136 valence electrons. The highest BCUT2D eigenvalue weighted by molar-refractivity contribution is 5.89. The fourth-order valence-electron chi connectivity index (χ4n) is 4.67. The van der Waals surface area contributed by atoms with Gasteiger partial charge in [0.25, 0.3) is 0 Å². The maximum Gasteiger partial charge on any atom is 0.321 e. The van der Waals surface area contributed by atoms with Gasteiger partial charge in [-0.3, -0.25) is 0 Å². The van der Waals surface area contributed by atoms with Gasteiger partial charge in [0.15, 0.2) is 0 Å². The first-order valence-corrected chi connectivity index (χ1v) is 9.36. The van der Waals surface area contributed by atoms with E-state index in [0.717, 1.165) is 42.7 Å². The van der Waals surface area contributed by atoms with Crippen LogP contribution in [0.1, 0.15) is 29.5 Å². The summed E-state index contributed by atoms with van der Waals surface area (Å²) in [5.74, 6) is 0.728. The molecular weight excluding hydrogens is 324 g/mol. The van der Waals surface area contributed by atoms with Crippen LogP contribution >= 0.6 is 0 Å². The minimum absolute atomic E-state index is 0.0392. The summed E-state index contributed by atoms with van der Waals surface area (Å²) >= 11 is 0. The van der Waals surface area contributed by atoms with Crippen LogP contribution in [0.5, 0.6) is 0 Å². The average Bonchev–Trinajstić information content (AvgIpc) is 3.13. The van der Waals surface area contributed by atoms with Gasteiger partial charge in [0, 0.05) is 18.8 Å². The summed E-state index contributed by atoms with van der Waals surface area (Å²) in [4.78, 5) is 14.5. The molecule has 0 aromatic heterocycles. The van der Waals surface area contributed by atoms with E-state index >= 15 is 0 Å². The van der Waals surface area contributed by atoms with Crippen LogP contribution in [0.3, 0.4) is 0 Å². The maximum atomic E-state index is 12.6. The van der Waals surface area contributed by atoms with Gasteiger partial charge in [0.1, 0.15) is 0 Å². The highest BCUT2D eigenvalue weighted by atomic mass is 16.3. The quantitative estimate of drug-likeness (QED) is 0.858. The molecule has 2 aromatic carbocycles. The molecule has 0 bridgehead atoms. The molecule has 26 heavy (non-hydrogen) atoms. The number of hydrogen-bond donors (Lipinski definition) is 2. The molecule has 4 heteroatoms. The third-order valence-electron chi connectivity index (χ3n) is 6.01. The number of benzene rings is 2. The van der Waals surface area contributed by atoms with Crippen molar-refractivity contribution in [3.63, 3.8) is 0 Å². The van der Waals surface area contributed by atoms with Gasteiger partial charge in [-0.05, 0) is 61.8 Å². The Morgan fingerprint density at radius 1 is 1.04 bits per heavy atom. The molecular formula is C22H26N2O2. The van der Waals surface area contributed by atoms with Crippen molar-refractivity contribution in [2.45, 2.75) is 32.3 Å². The van der Waals surface area contributed by atoms with Crippen LogP contribution in [0.2, 0.25) is 0 Å². The lowest BCUT2D eigenvalue weighted by atomic mass is 9.87. The minimum atomic E-state index is -0.750. The van der Waals surface area contributed by atoms with Crippen LogP contribution in [-0.2, 0) is 5.60 Å². The number of urea groups is 1. The molecule has 2 aromatic rings. The molecule has 1 saturated carbocycles. The van der Waals surface area contributed by atoms with E-state index in [0.29, 0.717) is 11.8 Å². The van der Waals surface area contributed by atoms with Crippen molar-refractivity contribution in [2.24, 2.45) is 11.8 Å². The van der Waals surface area contributed by atoms with Crippen LogP contribution in [0, 0.1) is 25.7 Å². The number of carbonyl (C=O) groups excluding carboxylic acids is 1. The fraction of sp³-hybridized carbons (Fsp3) is 0.409. The van der Waals surface area contributed by atoms with Crippen molar-refractivity contribution in [3.05, 3.63) is 65.2 Å². The van der Waals surface area contributed by atoms with Crippen LogP contribution in [-0.4, -0.2) is 29.1 Å². The summed E-state index contributed by atoms with van der Waals surface area (Å²) in [5.41, 5.74) is 3.44. The number of hydrogen-bond acceptors (Lipinski definition) is 2. The van der Waals surface area contributed by atoms with E-state index in [1.165, 1.54) is 5.56 Å². The van der Waals surface area contributed by atoms with Gasteiger partial charge in [-0.1, -0.05) is 42.0 Å². The van der Waals surface area contributed by atoms with E-state index in [1.807, 2.05) is 54.3 Å². The van der Waals surface area contributed by atoms with E-state index in [9.17, 15) is 9.90 Å². The number of aryl methyl sites for hydroxylation is 2. The summed E-state index contributed by atoms with van der Waals surface area (Å²) in [6.07, 6.45) is 1.47. The van der Waals surface area contributed by atoms with E-state index < -0.39 is 5.60 Å². The molecule has 2 aliphatic rings. The number of carbonyl (C=O) groups is 1. The maximum absolute atomic E-state index is 12.6. The second-order valence-electron chi connectivity index (χ2n) is 7.98. The highest BCUT2D eigenvalue weighted by Gasteiger charge is 2.50. The Balaban J connectivity index is 1.41. The average molecular weight is 350 g/mol. The predicted molar refractivity (Wildman–Crippen MR) is 103 cm³/mol. The molecule has 1 saturated heterocycles. The van der Waals surface area contributed by atoms with Crippen molar-refractivity contribution in [1.82, 2.24) is 4.90 Å². The first-order chi connectivity index (χ1) is 12.4. The number of nitrogens with zero attached hydrogens (tertiary/aromatic N) is 1. The standard InChI is InChI=1S/C22H26N2O2/c1-15-7-9-19(10-8-15)23-21(25)24-13-17-11-22(26,12-18(17)14-24)20-6-4-3-5-16(20)2/h3-10,17-18,26H,11-14H2,1-2H3,(H,23,25)/t17-,18+,22?. The highest BCUT2D eigenvalue weighted by Crippen LogP contribution is 2.49. The fourth-order valence-corrected chi connectivity index (χ4v) is 4.67. The van der Waals surface area contributed by atoms with E-state index in [-0.39, 0.29) is 6.03 Å². The smallest absolute Gasteiger partial charge is 0.321 e. The Kier molecular flexibility index (Phi) is 4.23. The third kappa shape index (κ3) is 3.10. The van der Waals surface area contributed by atoms with Gasteiger partial charge >= 0.3 is 6.03 Å². The first-order valence-electron chi connectivity index (χ1n) is 9.36. The predicted octanol–water partition coefficient (Wildman–Crippen LogP) is 4.06. The van der Waals surface area contributed by atoms with Crippen molar-refractivity contribution in [2.75, 3.05) is 18.4 Å². The molecule has 1 unspecified atom stereocenters. The molecule has 2 N–H and O–H groups in total. The molecule has 2 fully saturated rings. The Morgan fingerprint density at radius 2 is 1.65 bits per heavy atom. The zero-order valence-electron chi connectivity index (χ0n) is 15.4. The second-order valence-corrected chi connectivity index (χ2v) is 7.98. The number of amides is 2. The third-order valence-corrected chi connectivity index (χ3v) is 6.01. The molecule has 0 radical (unpaired) electrons. The molecule has 1 aliphatic heterocycles. The number of fused-ring (bicyclic) bond motifs is 1. The Morgan fingerprint density at radius 3 is 2.27 bits per heavy atom. The summed E-state index contributed by atoms with van der Waals surface area (Å²) in [5, 5.41) is 14.2. The van der Waals surface area contributed by atoms with Crippen molar-refractivity contribution < 1.29 is 9.90 Å². The summed E-state index contributed by atoms with van der Waals surface area (Å²) in [7, 11) is 0. The Hall–Kier alpha value is -2.33. The number of rotatable bonds is 2. The number of aliphatic hydroxyl groups is 1. The molecule has 4 nitrogen and oxygen atoms in total. The number of nitrogens with one attached hydrogen (secondary N) is 1. The Labute approximate surface area is 154 Å². The molecule has 3 atom stereocenters. The zero-order valence-corrected chi connectivity index (χ0v) is 15.4. The number of likely N-dealkylation sites (tertiary alicyclic amines) is 1. The first kappa shape index (κ1) is 17.1. The molecule has 0 spiro atoms. The Bertz CT molecular complexity index is 801. The SMILES string of the molecule is Cc1ccc(NC(=O)N2C[C@@H]3CC(O)(c4ccccc4C)C[C@@H]3C2)cc1. The van der Waals surface area contributed by atoms with Gasteiger partial charge in [-0.25, -0.2) is 4.79 Å². The monoisotopic (exact) mass is 350 g/mol.